The number of rotatable bonds is 6. The summed E-state index contributed by atoms with van der Waals surface area (Å²) in [7, 11) is 0. The van der Waals surface area contributed by atoms with Gasteiger partial charge in [-0.05, 0) is 80.9 Å². The van der Waals surface area contributed by atoms with Crippen LogP contribution in [0.15, 0.2) is 18.2 Å². The molecule has 4 N–H and O–H groups in total. The molecule has 156 valence electrons. The summed E-state index contributed by atoms with van der Waals surface area (Å²) in [4.78, 5) is 25.2. The average molecular weight is 403 g/mol. The fourth-order valence-electron chi connectivity index (χ4n) is 6.38. The Morgan fingerprint density at radius 3 is 2.34 bits per heavy atom. The number of hydrogen-bond donors (Lipinski definition) is 3. The number of carbonyl (C=O) groups excluding carboxylic acids is 2. The van der Waals surface area contributed by atoms with Gasteiger partial charge in [0.2, 0.25) is 11.8 Å². The van der Waals surface area contributed by atoms with Crippen LogP contribution in [0.25, 0.3) is 0 Å². The van der Waals surface area contributed by atoms with Crippen LogP contribution in [0.3, 0.4) is 0 Å². The highest BCUT2D eigenvalue weighted by atomic mass is 19.2. The van der Waals surface area contributed by atoms with Crippen molar-refractivity contribution in [3.8, 4) is 0 Å². The molecule has 5 nitrogen and oxygen atoms in total. The molecule has 0 heterocycles. The molecule has 0 saturated heterocycles. The van der Waals surface area contributed by atoms with Crippen LogP contribution in [0.1, 0.15) is 44.9 Å². The van der Waals surface area contributed by atoms with Gasteiger partial charge in [-0.25, -0.2) is 8.78 Å². The summed E-state index contributed by atoms with van der Waals surface area (Å²) in [5.74, 6) is -0.709. The standard InChI is InChI=1S/C22H27F2N3O2/c23-16-2-1-15(7-17(16)24)26-11-21(3-4-21)20(29)27-18-13-5-12-6-14(18)10-22(8-12,9-13)19(25)28/h1-2,7,12-14,18,26H,3-6,8-11H2,(H2,25,28)(H,27,29). The minimum absolute atomic E-state index is 0.0400. The van der Waals surface area contributed by atoms with Gasteiger partial charge in [-0.3, -0.25) is 9.59 Å². The van der Waals surface area contributed by atoms with Crippen molar-refractivity contribution in [2.45, 2.75) is 51.0 Å². The smallest absolute Gasteiger partial charge is 0.228 e. The van der Waals surface area contributed by atoms with Crippen LogP contribution in [0.5, 0.6) is 0 Å². The molecule has 2 amide bonds. The van der Waals surface area contributed by atoms with Crippen molar-refractivity contribution in [3.05, 3.63) is 29.8 Å². The van der Waals surface area contributed by atoms with E-state index >= 15 is 0 Å². The molecule has 2 atom stereocenters. The van der Waals surface area contributed by atoms with Crippen molar-refractivity contribution < 1.29 is 18.4 Å². The first-order valence-corrected chi connectivity index (χ1v) is 10.6. The summed E-state index contributed by atoms with van der Waals surface area (Å²) in [5, 5.41) is 6.40. The molecule has 0 aliphatic heterocycles. The molecular formula is C22H27F2N3O2. The van der Waals surface area contributed by atoms with Crippen molar-refractivity contribution >= 4 is 17.5 Å². The van der Waals surface area contributed by atoms with E-state index in [0.29, 0.717) is 30.0 Å². The SMILES string of the molecule is NC(=O)C12CC3CC(C1)C(NC(=O)C1(CNc4ccc(F)c(F)c4)CC1)C(C3)C2. The van der Waals surface area contributed by atoms with Crippen molar-refractivity contribution in [2.24, 2.45) is 34.3 Å². The Balaban J connectivity index is 1.24. The second-order valence-corrected chi connectivity index (χ2v) is 9.88. The Hall–Kier alpha value is -2.18. The zero-order valence-corrected chi connectivity index (χ0v) is 16.3. The third-order valence-electron chi connectivity index (χ3n) is 7.98. The van der Waals surface area contributed by atoms with E-state index < -0.39 is 17.0 Å². The van der Waals surface area contributed by atoms with Crippen LogP contribution >= 0.6 is 0 Å². The summed E-state index contributed by atoms with van der Waals surface area (Å²) in [6.07, 6.45) is 6.20. The molecule has 2 unspecified atom stereocenters. The first-order valence-electron chi connectivity index (χ1n) is 10.6. The van der Waals surface area contributed by atoms with Gasteiger partial charge in [-0.15, -0.1) is 0 Å². The molecule has 0 aromatic heterocycles. The van der Waals surface area contributed by atoms with Gasteiger partial charge < -0.3 is 16.4 Å². The van der Waals surface area contributed by atoms with E-state index in [1.165, 1.54) is 6.07 Å². The van der Waals surface area contributed by atoms with Crippen LogP contribution in [0.2, 0.25) is 0 Å². The highest BCUT2D eigenvalue weighted by molar-refractivity contribution is 5.86. The molecule has 5 fully saturated rings. The quantitative estimate of drug-likeness (QED) is 0.683. The van der Waals surface area contributed by atoms with Crippen LogP contribution < -0.4 is 16.4 Å². The van der Waals surface area contributed by atoms with Crippen LogP contribution in [-0.2, 0) is 9.59 Å². The lowest BCUT2D eigenvalue weighted by atomic mass is 9.47. The minimum Gasteiger partial charge on any atom is -0.384 e. The van der Waals surface area contributed by atoms with Gasteiger partial charge in [-0.2, -0.15) is 0 Å². The minimum atomic E-state index is -0.902. The molecule has 29 heavy (non-hydrogen) atoms. The molecule has 5 aliphatic rings. The third-order valence-corrected chi connectivity index (χ3v) is 7.98. The molecule has 6 rings (SSSR count). The maximum atomic E-state index is 13.4. The van der Waals surface area contributed by atoms with Gasteiger partial charge in [0.05, 0.1) is 5.41 Å². The number of primary amides is 1. The van der Waals surface area contributed by atoms with Crippen LogP contribution in [0.4, 0.5) is 14.5 Å². The first-order chi connectivity index (χ1) is 13.8. The lowest BCUT2D eigenvalue weighted by molar-refractivity contribution is -0.148. The zero-order chi connectivity index (χ0) is 20.4. The lowest BCUT2D eigenvalue weighted by Gasteiger charge is -2.59. The second kappa shape index (κ2) is 6.41. The van der Waals surface area contributed by atoms with E-state index in [2.05, 4.69) is 10.6 Å². The van der Waals surface area contributed by atoms with Gasteiger partial charge in [0, 0.05) is 23.7 Å². The number of benzene rings is 1. The van der Waals surface area contributed by atoms with E-state index in [1.807, 2.05) is 0 Å². The topological polar surface area (TPSA) is 84.2 Å². The average Bonchev–Trinajstić information content (AvgIpc) is 3.46. The number of anilines is 1. The van der Waals surface area contributed by atoms with Crippen LogP contribution in [0, 0.1) is 40.2 Å². The molecule has 7 heteroatoms. The summed E-state index contributed by atoms with van der Waals surface area (Å²) in [6.45, 7) is 0.403. The summed E-state index contributed by atoms with van der Waals surface area (Å²) >= 11 is 0. The van der Waals surface area contributed by atoms with E-state index in [-0.39, 0.29) is 23.3 Å². The highest BCUT2D eigenvalue weighted by Gasteiger charge is 2.59. The Morgan fingerprint density at radius 2 is 1.76 bits per heavy atom. The van der Waals surface area contributed by atoms with E-state index in [9.17, 15) is 18.4 Å². The number of hydrogen-bond acceptors (Lipinski definition) is 3. The van der Waals surface area contributed by atoms with E-state index in [4.69, 9.17) is 5.73 Å². The Labute approximate surface area is 168 Å². The second-order valence-electron chi connectivity index (χ2n) is 9.88. The maximum Gasteiger partial charge on any atom is 0.228 e. The molecule has 4 bridgehead atoms. The number of nitrogens with two attached hydrogens (primary N) is 1. The fraction of sp³-hybridized carbons (Fsp3) is 0.636. The van der Waals surface area contributed by atoms with E-state index in [1.54, 1.807) is 0 Å². The highest BCUT2D eigenvalue weighted by Crippen LogP contribution is 2.60. The maximum absolute atomic E-state index is 13.4. The molecule has 0 radical (unpaired) electrons. The Morgan fingerprint density at radius 1 is 1.07 bits per heavy atom. The van der Waals surface area contributed by atoms with Gasteiger partial charge in [0.1, 0.15) is 0 Å². The van der Waals surface area contributed by atoms with E-state index in [0.717, 1.165) is 57.1 Å². The summed E-state index contributed by atoms with van der Waals surface area (Å²) in [6, 6.07) is 3.80. The Kier molecular flexibility index (Phi) is 4.16. The largest absolute Gasteiger partial charge is 0.384 e. The third kappa shape index (κ3) is 3.09. The molecule has 5 saturated carbocycles. The van der Waals surface area contributed by atoms with Crippen LogP contribution in [-0.4, -0.2) is 24.4 Å². The molecule has 1 aromatic rings. The molecule has 5 aliphatic carbocycles. The number of carbonyl (C=O) groups is 2. The monoisotopic (exact) mass is 403 g/mol. The normalized spacial score (nSPS) is 35.9. The van der Waals surface area contributed by atoms with Gasteiger partial charge in [-0.1, -0.05) is 0 Å². The fourth-order valence-corrected chi connectivity index (χ4v) is 6.38. The van der Waals surface area contributed by atoms with Gasteiger partial charge in [0.25, 0.3) is 0 Å². The van der Waals surface area contributed by atoms with Crippen molar-refractivity contribution in [1.29, 1.82) is 0 Å². The van der Waals surface area contributed by atoms with Gasteiger partial charge in [0.15, 0.2) is 11.6 Å². The number of amides is 2. The van der Waals surface area contributed by atoms with Crippen molar-refractivity contribution in [2.75, 3.05) is 11.9 Å². The molecule has 1 aromatic carbocycles. The number of nitrogens with one attached hydrogen (secondary N) is 2. The number of halogens is 2. The lowest BCUT2D eigenvalue weighted by Crippen LogP contribution is -2.62. The Bertz CT molecular complexity index is 854. The predicted octanol–water partition coefficient (Wildman–Crippen LogP) is 2.95. The molecular weight excluding hydrogens is 376 g/mol. The summed E-state index contributed by atoms with van der Waals surface area (Å²) < 4.78 is 26.5. The van der Waals surface area contributed by atoms with Gasteiger partial charge >= 0.3 is 0 Å². The summed E-state index contributed by atoms with van der Waals surface area (Å²) in [5.41, 5.74) is 5.38. The molecule has 0 spiro atoms. The van der Waals surface area contributed by atoms with Crippen molar-refractivity contribution in [1.82, 2.24) is 5.32 Å². The first kappa shape index (κ1) is 18.8. The zero-order valence-electron chi connectivity index (χ0n) is 16.3. The van der Waals surface area contributed by atoms with Crippen molar-refractivity contribution in [3.63, 3.8) is 0 Å². The predicted molar refractivity (Wildman–Crippen MR) is 104 cm³/mol.